The lowest BCUT2D eigenvalue weighted by atomic mass is 10.2. The molecule has 1 amide bonds. The van der Waals surface area contributed by atoms with Gasteiger partial charge < -0.3 is 4.74 Å². The van der Waals surface area contributed by atoms with E-state index in [-0.39, 0.29) is 5.91 Å². The molecule has 0 atom stereocenters. The van der Waals surface area contributed by atoms with Crippen LogP contribution < -0.4 is 9.64 Å². The van der Waals surface area contributed by atoms with E-state index in [4.69, 9.17) is 9.72 Å². The Balaban J connectivity index is 1.79. The fraction of sp³-hybridized carbons (Fsp3) is 0.190. The van der Waals surface area contributed by atoms with Gasteiger partial charge in [0.15, 0.2) is 5.13 Å². The molecule has 0 fully saturated rings. The molecule has 2 heterocycles. The zero-order chi connectivity index (χ0) is 19.7. The number of fused-ring (bicyclic) bond motifs is 1. The van der Waals surface area contributed by atoms with Crippen LogP contribution in [0.25, 0.3) is 10.2 Å². The number of carbonyl (C=O) groups is 1. The van der Waals surface area contributed by atoms with Gasteiger partial charge in [-0.15, -0.1) is 0 Å². The van der Waals surface area contributed by atoms with Gasteiger partial charge >= 0.3 is 0 Å². The number of carbonyl (C=O) groups excluding carboxylic acids is 1. The molecule has 0 aliphatic carbocycles. The van der Waals surface area contributed by atoms with Gasteiger partial charge in [-0.25, -0.2) is 4.98 Å². The first-order chi connectivity index (χ1) is 13.6. The lowest BCUT2D eigenvalue weighted by Crippen LogP contribution is -2.32. The third kappa shape index (κ3) is 3.36. The number of amides is 1. The van der Waals surface area contributed by atoms with Crippen molar-refractivity contribution in [3.8, 4) is 5.75 Å². The van der Waals surface area contributed by atoms with E-state index in [1.165, 1.54) is 11.3 Å². The van der Waals surface area contributed by atoms with Crippen LogP contribution in [-0.4, -0.2) is 27.8 Å². The summed E-state index contributed by atoms with van der Waals surface area (Å²) in [5.74, 6) is 0.651. The average molecular weight is 392 g/mol. The Kier molecular flexibility index (Phi) is 4.83. The molecule has 142 valence electrons. The Labute approximate surface area is 167 Å². The molecular weight excluding hydrogens is 372 g/mol. The van der Waals surface area contributed by atoms with Crippen molar-refractivity contribution in [2.45, 2.75) is 13.5 Å². The van der Waals surface area contributed by atoms with Gasteiger partial charge in [0.2, 0.25) is 0 Å². The third-order valence-corrected chi connectivity index (χ3v) is 5.61. The summed E-state index contributed by atoms with van der Waals surface area (Å²) in [6.45, 7) is 2.32. The minimum Gasteiger partial charge on any atom is -0.497 e. The number of nitrogens with zero attached hydrogens (tertiary/aromatic N) is 4. The molecule has 2 aromatic carbocycles. The van der Waals surface area contributed by atoms with E-state index in [9.17, 15) is 4.79 Å². The number of ether oxygens (including phenoxy) is 1. The molecule has 0 saturated carbocycles. The number of hydrogen-bond donors (Lipinski definition) is 0. The highest BCUT2D eigenvalue weighted by Gasteiger charge is 2.25. The van der Waals surface area contributed by atoms with E-state index in [0.717, 1.165) is 27.1 Å². The zero-order valence-corrected chi connectivity index (χ0v) is 16.7. The summed E-state index contributed by atoms with van der Waals surface area (Å²) in [7, 11) is 3.42. The monoisotopic (exact) mass is 392 g/mol. The fourth-order valence-electron chi connectivity index (χ4n) is 3.11. The van der Waals surface area contributed by atoms with Gasteiger partial charge in [0.05, 0.1) is 30.1 Å². The van der Waals surface area contributed by atoms with Crippen molar-refractivity contribution < 1.29 is 9.53 Å². The van der Waals surface area contributed by atoms with Gasteiger partial charge in [-0.1, -0.05) is 41.7 Å². The predicted molar refractivity (Wildman–Crippen MR) is 111 cm³/mol. The normalized spacial score (nSPS) is 11.0. The van der Waals surface area contributed by atoms with Crippen LogP contribution in [0.15, 0.2) is 54.7 Å². The van der Waals surface area contributed by atoms with E-state index >= 15 is 0 Å². The van der Waals surface area contributed by atoms with E-state index in [1.807, 2.05) is 55.5 Å². The molecule has 0 aliphatic rings. The molecule has 0 unspecified atom stereocenters. The number of rotatable bonds is 5. The van der Waals surface area contributed by atoms with E-state index in [1.54, 1.807) is 29.9 Å². The van der Waals surface area contributed by atoms with Crippen LogP contribution in [0, 0.1) is 6.92 Å². The van der Waals surface area contributed by atoms with Crippen LogP contribution in [0.2, 0.25) is 0 Å². The van der Waals surface area contributed by atoms with Crippen LogP contribution in [0.3, 0.4) is 0 Å². The van der Waals surface area contributed by atoms with Crippen LogP contribution >= 0.6 is 11.3 Å². The van der Waals surface area contributed by atoms with Crippen molar-refractivity contribution in [2.75, 3.05) is 12.0 Å². The molecule has 4 rings (SSSR count). The van der Waals surface area contributed by atoms with Gasteiger partial charge in [0, 0.05) is 7.05 Å². The molecule has 4 aromatic rings. The lowest BCUT2D eigenvalue weighted by Gasteiger charge is -2.20. The van der Waals surface area contributed by atoms with Gasteiger partial charge in [-0.3, -0.25) is 14.4 Å². The van der Waals surface area contributed by atoms with Crippen molar-refractivity contribution in [1.82, 2.24) is 14.8 Å². The number of methoxy groups -OCH3 is 1. The largest absolute Gasteiger partial charge is 0.497 e. The maximum absolute atomic E-state index is 13.5. The van der Waals surface area contributed by atoms with E-state index in [0.29, 0.717) is 17.4 Å². The molecule has 2 aromatic heterocycles. The summed E-state index contributed by atoms with van der Waals surface area (Å²) >= 11 is 1.48. The average Bonchev–Trinajstić information content (AvgIpc) is 3.28. The Morgan fingerprint density at radius 3 is 2.68 bits per heavy atom. The van der Waals surface area contributed by atoms with Gasteiger partial charge in [-0.05, 0) is 36.2 Å². The molecule has 0 aliphatic heterocycles. The van der Waals surface area contributed by atoms with Crippen molar-refractivity contribution in [1.29, 1.82) is 0 Å². The second-order valence-electron chi connectivity index (χ2n) is 6.51. The second kappa shape index (κ2) is 7.44. The van der Waals surface area contributed by atoms with Crippen LogP contribution in [0.5, 0.6) is 5.75 Å². The van der Waals surface area contributed by atoms with Gasteiger partial charge in [0.25, 0.3) is 5.91 Å². The first-order valence-electron chi connectivity index (χ1n) is 8.86. The number of anilines is 1. The molecular formula is C21H20N4O2S. The van der Waals surface area contributed by atoms with E-state index in [2.05, 4.69) is 5.10 Å². The molecule has 0 bridgehead atoms. The van der Waals surface area contributed by atoms with Gasteiger partial charge in [-0.2, -0.15) is 5.10 Å². The molecule has 28 heavy (non-hydrogen) atoms. The number of hydrogen-bond acceptors (Lipinski definition) is 5. The predicted octanol–water partition coefficient (Wildman–Crippen LogP) is 4.19. The summed E-state index contributed by atoms with van der Waals surface area (Å²) in [5, 5.41) is 4.87. The van der Waals surface area contributed by atoms with Crippen LogP contribution in [0.4, 0.5) is 5.13 Å². The van der Waals surface area contributed by atoms with Crippen molar-refractivity contribution >= 4 is 32.6 Å². The van der Waals surface area contributed by atoms with Crippen molar-refractivity contribution in [3.05, 3.63) is 71.5 Å². The Morgan fingerprint density at radius 2 is 2.00 bits per heavy atom. The molecule has 0 N–H and O–H groups in total. The second-order valence-corrected chi connectivity index (χ2v) is 7.52. The van der Waals surface area contributed by atoms with Crippen molar-refractivity contribution in [2.24, 2.45) is 7.05 Å². The van der Waals surface area contributed by atoms with Crippen LogP contribution in [-0.2, 0) is 13.6 Å². The Bertz CT molecular complexity index is 1110. The highest BCUT2D eigenvalue weighted by molar-refractivity contribution is 7.22. The Morgan fingerprint density at radius 1 is 1.21 bits per heavy atom. The number of aromatic nitrogens is 3. The van der Waals surface area contributed by atoms with Gasteiger partial charge in [0.1, 0.15) is 11.4 Å². The van der Waals surface area contributed by atoms with Crippen molar-refractivity contribution in [3.63, 3.8) is 0 Å². The summed E-state index contributed by atoms with van der Waals surface area (Å²) in [6, 6.07) is 15.6. The maximum atomic E-state index is 13.5. The summed E-state index contributed by atoms with van der Waals surface area (Å²) in [5.41, 5.74) is 3.28. The molecule has 7 heteroatoms. The Hall–Kier alpha value is -3.19. The number of aryl methyl sites for hydroxylation is 2. The highest BCUT2D eigenvalue weighted by Crippen LogP contribution is 2.33. The fourth-order valence-corrected chi connectivity index (χ4v) is 4.10. The lowest BCUT2D eigenvalue weighted by molar-refractivity contribution is 0.0975. The number of benzene rings is 2. The molecule has 0 radical (unpaired) electrons. The SMILES string of the molecule is COc1ccc2nc(N(Cc3ccccc3)C(=O)c3c(C)cnn3C)sc2c1. The standard InChI is InChI=1S/C21H20N4O2S/c1-14-12-22-24(2)19(14)20(26)25(13-15-7-5-4-6-8-15)21-23-17-10-9-16(27-3)11-18(17)28-21/h4-12H,13H2,1-3H3. The summed E-state index contributed by atoms with van der Waals surface area (Å²) in [4.78, 5) is 19.9. The third-order valence-electron chi connectivity index (χ3n) is 4.57. The zero-order valence-electron chi connectivity index (χ0n) is 15.9. The topological polar surface area (TPSA) is 60.2 Å². The molecule has 6 nitrogen and oxygen atoms in total. The smallest absolute Gasteiger partial charge is 0.278 e. The minimum atomic E-state index is -0.118. The first kappa shape index (κ1) is 18.2. The first-order valence-corrected chi connectivity index (χ1v) is 9.67. The number of thiazole rings is 1. The maximum Gasteiger partial charge on any atom is 0.278 e. The molecule has 0 saturated heterocycles. The molecule has 0 spiro atoms. The van der Waals surface area contributed by atoms with E-state index < -0.39 is 0 Å². The highest BCUT2D eigenvalue weighted by atomic mass is 32.1. The quantitative estimate of drug-likeness (QED) is 0.511. The minimum absolute atomic E-state index is 0.118. The van der Waals surface area contributed by atoms with Crippen LogP contribution in [0.1, 0.15) is 21.6 Å². The summed E-state index contributed by atoms with van der Waals surface area (Å²) < 4.78 is 7.90. The summed E-state index contributed by atoms with van der Waals surface area (Å²) in [6.07, 6.45) is 1.71.